The number of hydrogen-bond donors (Lipinski definition) is 2. The summed E-state index contributed by atoms with van der Waals surface area (Å²) in [6.07, 6.45) is 3.57. The van der Waals surface area contributed by atoms with E-state index in [0.717, 1.165) is 30.9 Å². The molecule has 3 unspecified atom stereocenters. The Kier molecular flexibility index (Phi) is 4.48. The van der Waals surface area contributed by atoms with Gasteiger partial charge in [-0.25, -0.2) is 0 Å². The molecule has 0 radical (unpaired) electrons. The highest BCUT2D eigenvalue weighted by Crippen LogP contribution is 2.26. The molecule has 0 amide bonds. The van der Waals surface area contributed by atoms with Crippen molar-refractivity contribution in [1.29, 1.82) is 0 Å². The summed E-state index contributed by atoms with van der Waals surface area (Å²) in [5.41, 5.74) is 7.41. The molecule has 0 aliphatic carbocycles. The second-order valence-corrected chi connectivity index (χ2v) is 6.63. The molecule has 2 heterocycles. The fraction of sp³-hybridized carbons (Fsp3) is 0.647. The maximum Gasteiger partial charge on any atom is 0.0917 e. The average Bonchev–Trinajstić information content (AvgIpc) is 2.48. The third-order valence-electron chi connectivity index (χ3n) is 5.05. The van der Waals surface area contributed by atoms with Crippen molar-refractivity contribution in [2.45, 2.75) is 44.4 Å². The largest absolute Gasteiger partial charge is 0.399 e. The Labute approximate surface area is 127 Å². The normalized spacial score (nSPS) is 29.0. The van der Waals surface area contributed by atoms with Gasteiger partial charge in [-0.3, -0.25) is 9.80 Å². The van der Waals surface area contributed by atoms with Gasteiger partial charge in [0.25, 0.3) is 0 Å². The summed E-state index contributed by atoms with van der Waals surface area (Å²) in [7, 11) is 0. The Hall–Kier alpha value is -1.10. The molecule has 3 atom stereocenters. The monoisotopic (exact) mass is 289 g/mol. The first-order valence-corrected chi connectivity index (χ1v) is 8.15. The zero-order chi connectivity index (χ0) is 14.8. The topological polar surface area (TPSA) is 52.7 Å². The van der Waals surface area contributed by atoms with E-state index in [2.05, 4.69) is 16.7 Å². The summed E-state index contributed by atoms with van der Waals surface area (Å²) in [4.78, 5) is 5.09. The number of nitrogen functional groups attached to an aromatic ring is 1. The number of rotatable bonds is 3. The highest BCUT2D eigenvalue weighted by atomic mass is 16.3. The first-order valence-electron chi connectivity index (χ1n) is 8.15. The zero-order valence-corrected chi connectivity index (χ0v) is 12.9. The molecule has 2 aliphatic rings. The third kappa shape index (κ3) is 3.39. The Balaban J connectivity index is 1.62. The number of fused-ring (bicyclic) bond motifs is 1. The Morgan fingerprint density at radius 3 is 2.76 bits per heavy atom. The second kappa shape index (κ2) is 6.34. The van der Waals surface area contributed by atoms with Crippen LogP contribution in [-0.2, 0) is 0 Å². The maximum absolute atomic E-state index is 10.5. The second-order valence-electron chi connectivity index (χ2n) is 6.63. The van der Waals surface area contributed by atoms with Gasteiger partial charge < -0.3 is 10.8 Å². The van der Waals surface area contributed by atoms with E-state index >= 15 is 0 Å². The molecular formula is C17H27N3O. The predicted octanol–water partition coefficient (Wildman–Crippen LogP) is 1.86. The number of β-amino-alcohol motifs (C(OH)–C–C–N with tert-alkyl or cyclic N) is 1. The molecule has 0 aromatic heterocycles. The minimum absolute atomic E-state index is 0.428. The van der Waals surface area contributed by atoms with Crippen molar-refractivity contribution in [1.82, 2.24) is 9.80 Å². The van der Waals surface area contributed by atoms with Crippen LogP contribution in [-0.4, -0.2) is 53.2 Å². The van der Waals surface area contributed by atoms with E-state index in [0.29, 0.717) is 12.1 Å². The molecule has 2 fully saturated rings. The lowest BCUT2D eigenvalue weighted by atomic mass is 9.96. The summed E-state index contributed by atoms with van der Waals surface area (Å²) >= 11 is 0. The first kappa shape index (κ1) is 14.8. The fourth-order valence-corrected chi connectivity index (χ4v) is 3.71. The van der Waals surface area contributed by atoms with E-state index in [4.69, 9.17) is 5.73 Å². The molecule has 2 aliphatic heterocycles. The molecular weight excluding hydrogens is 262 g/mol. The number of aliphatic hydroxyl groups excluding tert-OH is 1. The van der Waals surface area contributed by atoms with E-state index in [-0.39, 0.29) is 0 Å². The smallest absolute Gasteiger partial charge is 0.0917 e. The van der Waals surface area contributed by atoms with Crippen molar-refractivity contribution in [3.63, 3.8) is 0 Å². The summed E-state index contributed by atoms with van der Waals surface area (Å²) < 4.78 is 0. The van der Waals surface area contributed by atoms with Crippen LogP contribution in [0.2, 0.25) is 0 Å². The third-order valence-corrected chi connectivity index (χ3v) is 5.05. The lowest BCUT2D eigenvalue weighted by molar-refractivity contribution is -0.00754. The van der Waals surface area contributed by atoms with Crippen LogP contribution >= 0.6 is 0 Å². The molecule has 0 bridgehead atoms. The number of piperidine rings is 1. The van der Waals surface area contributed by atoms with Crippen molar-refractivity contribution in [3.05, 3.63) is 29.8 Å². The Bertz CT molecular complexity index is 462. The van der Waals surface area contributed by atoms with E-state index < -0.39 is 6.10 Å². The number of nitrogens with zero attached hydrogens (tertiary/aromatic N) is 2. The summed E-state index contributed by atoms with van der Waals surface area (Å²) in [5.74, 6) is 0. The highest BCUT2D eigenvalue weighted by Gasteiger charge is 2.33. The van der Waals surface area contributed by atoms with Crippen molar-refractivity contribution < 1.29 is 5.11 Å². The molecule has 3 rings (SSSR count). The van der Waals surface area contributed by atoms with Gasteiger partial charge in [-0.15, -0.1) is 0 Å². The molecule has 0 saturated carbocycles. The fourth-order valence-electron chi connectivity index (χ4n) is 3.71. The van der Waals surface area contributed by atoms with Gasteiger partial charge in [-0.1, -0.05) is 18.6 Å². The SMILES string of the molecule is CC1CN2CCCCC2CN1CC(O)c1ccc(N)cc1. The number of anilines is 1. The Morgan fingerprint density at radius 2 is 2.00 bits per heavy atom. The van der Waals surface area contributed by atoms with Crippen molar-refractivity contribution in [3.8, 4) is 0 Å². The van der Waals surface area contributed by atoms with Crippen molar-refractivity contribution >= 4 is 5.69 Å². The summed E-state index contributed by atoms with van der Waals surface area (Å²) in [5, 5.41) is 10.5. The Morgan fingerprint density at radius 1 is 1.24 bits per heavy atom. The first-order chi connectivity index (χ1) is 10.1. The van der Waals surface area contributed by atoms with Gasteiger partial charge in [0.05, 0.1) is 6.10 Å². The molecule has 2 saturated heterocycles. The van der Waals surface area contributed by atoms with Crippen LogP contribution in [0.3, 0.4) is 0 Å². The van der Waals surface area contributed by atoms with Gasteiger partial charge in [0.2, 0.25) is 0 Å². The average molecular weight is 289 g/mol. The van der Waals surface area contributed by atoms with E-state index in [1.54, 1.807) is 0 Å². The lowest BCUT2D eigenvalue weighted by Crippen LogP contribution is -2.59. The van der Waals surface area contributed by atoms with Crippen LogP contribution in [0.15, 0.2) is 24.3 Å². The number of hydrogen-bond acceptors (Lipinski definition) is 4. The van der Waals surface area contributed by atoms with Gasteiger partial charge in [0.15, 0.2) is 0 Å². The predicted molar refractivity (Wildman–Crippen MR) is 86.1 cm³/mol. The minimum atomic E-state index is -0.428. The summed E-state index contributed by atoms with van der Waals surface area (Å²) in [6, 6.07) is 8.79. The maximum atomic E-state index is 10.5. The van der Waals surface area contributed by atoms with Gasteiger partial charge in [-0.2, -0.15) is 0 Å². The molecule has 1 aromatic carbocycles. The minimum Gasteiger partial charge on any atom is -0.399 e. The van der Waals surface area contributed by atoms with Crippen LogP contribution in [0.4, 0.5) is 5.69 Å². The van der Waals surface area contributed by atoms with E-state index in [1.165, 1.54) is 25.8 Å². The molecule has 21 heavy (non-hydrogen) atoms. The van der Waals surface area contributed by atoms with Crippen molar-refractivity contribution in [2.75, 3.05) is 31.9 Å². The van der Waals surface area contributed by atoms with Gasteiger partial charge in [0, 0.05) is 37.4 Å². The highest BCUT2D eigenvalue weighted by molar-refractivity contribution is 5.39. The van der Waals surface area contributed by atoms with Gasteiger partial charge >= 0.3 is 0 Å². The number of aliphatic hydroxyl groups is 1. The number of piperazine rings is 1. The molecule has 4 heteroatoms. The zero-order valence-electron chi connectivity index (χ0n) is 12.9. The van der Waals surface area contributed by atoms with E-state index in [1.807, 2.05) is 24.3 Å². The van der Waals surface area contributed by atoms with Crippen LogP contribution in [0, 0.1) is 0 Å². The van der Waals surface area contributed by atoms with Crippen LogP contribution < -0.4 is 5.73 Å². The van der Waals surface area contributed by atoms with Crippen LogP contribution in [0.5, 0.6) is 0 Å². The quantitative estimate of drug-likeness (QED) is 0.834. The molecule has 3 N–H and O–H groups in total. The van der Waals surface area contributed by atoms with Crippen LogP contribution in [0.25, 0.3) is 0 Å². The molecule has 0 spiro atoms. The molecule has 1 aromatic rings. The standard InChI is InChI=1S/C17H27N3O/c1-13-10-19-9-3-2-4-16(19)11-20(13)12-17(21)14-5-7-15(18)8-6-14/h5-8,13,16-17,21H,2-4,9-12,18H2,1H3. The van der Waals surface area contributed by atoms with Crippen molar-refractivity contribution in [2.24, 2.45) is 0 Å². The molecule has 4 nitrogen and oxygen atoms in total. The lowest BCUT2D eigenvalue weighted by Gasteiger charge is -2.48. The number of nitrogens with two attached hydrogens (primary N) is 1. The van der Waals surface area contributed by atoms with Crippen LogP contribution in [0.1, 0.15) is 37.9 Å². The number of benzene rings is 1. The van der Waals surface area contributed by atoms with Gasteiger partial charge in [-0.05, 0) is 44.0 Å². The summed E-state index contributed by atoms with van der Waals surface area (Å²) in [6.45, 7) is 6.48. The van der Waals surface area contributed by atoms with Gasteiger partial charge in [0.1, 0.15) is 0 Å². The van der Waals surface area contributed by atoms with E-state index in [9.17, 15) is 5.11 Å². The molecule has 116 valence electrons.